The molecule has 0 bridgehead atoms. The number of ether oxygens (including phenoxy) is 2. The van der Waals surface area contributed by atoms with E-state index in [9.17, 15) is 9.59 Å². The highest BCUT2D eigenvalue weighted by Crippen LogP contribution is 2.32. The molecule has 0 N–H and O–H groups in total. The Kier molecular flexibility index (Phi) is 5.91. The molecule has 1 saturated heterocycles. The summed E-state index contributed by atoms with van der Waals surface area (Å²) in [6, 6.07) is 5.62. The second-order valence-corrected chi connectivity index (χ2v) is 7.78. The average Bonchev–Trinajstić information content (AvgIpc) is 2.95. The Hall–Kier alpha value is -1.56. The van der Waals surface area contributed by atoms with E-state index < -0.39 is 5.60 Å². The first-order chi connectivity index (χ1) is 11.2. The number of esters is 1. The fourth-order valence-electron chi connectivity index (χ4n) is 2.78. The zero-order valence-electron chi connectivity index (χ0n) is 14.6. The summed E-state index contributed by atoms with van der Waals surface area (Å²) in [5.74, 6) is -0.227. The smallest absolute Gasteiger partial charge is 0.410 e. The molecule has 132 valence electrons. The monoisotopic (exact) mass is 397 g/mol. The Bertz CT molecular complexity index is 624. The molecule has 1 aliphatic heterocycles. The molecule has 1 fully saturated rings. The first-order valence-corrected chi connectivity index (χ1v) is 8.95. The number of hydrogen-bond acceptors (Lipinski definition) is 4. The van der Waals surface area contributed by atoms with Crippen molar-refractivity contribution >= 4 is 28.0 Å². The lowest BCUT2D eigenvalue weighted by Gasteiger charge is -2.24. The minimum absolute atomic E-state index is 0.102. The molecule has 0 aromatic heterocycles. The maximum atomic E-state index is 12.2. The number of carbonyl (C=O) groups is 2. The van der Waals surface area contributed by atoms with E-state index in [1.807, 2.05) is 32.9 Å². The fourth-order valence-corrected chi connectivity index (χ4v) is 3.14. The number of rotatable bonds is 3. The highest BCUT2D eigenvalue weighted by atomic mass is 79.9. The summed E-state index contributed by atoms with van der Waals surface area (Å²) in [4.78, 5) is 26.1. The van der Waals surface area contributed by atoms with Gasteiger partial charge in [-0.25, -0.2) is 9.59 Å². The van der Waals surface area contributed by atoms with E-state index in [1.165, 1.54) is 0 Å². The largest absolute Gasteiger partial charge is 0.462 e. The molecule has 0 saturated carbocycles. The van der Waals surface area contributed by atoms with Gasteiger partial charge in [0.15, 0.2) is 0 Å². The van der Waals surface area contributed by atoms with Crippen LogP contribution in [-0.2, 0) is 9.47 Å². The maximum Gasteiger partial charge on any atom is 0.410 e. The number of likely N-dealkylation sites (tertiary alicyclic amines) is 1. The van der Waals surface area contributed by atoms with Gasteiger partial charge in [0.2, 0.25) is 0 Å². The van der Waals surface area contributed by atoms with Gasteiger partial charge in [-0.05, 0) is 51.8 Å². The molecule has 1 amide bonds. The Morgan fingerprint density at radius 3 is 2.67 bits per heavy atom. The van der Waals surface area contributed by atoms with Crippen LogP contribution < -0.4 is 0 Å². The fraction of sp³-hybridized carbons (Fsp3) is 0.556. The Morgan fingerprint density at radius 2 is 2.04 bits per heavy atom. The number of benzene rings is 1. The van der Waals surface area contributed by atoms with Crippen LogP contribution in [0.15, 0.2) is 22.7 Å². The quantitative estimate of drug-likeness (QED) is 0.711. The lowest BCUT2D eigenvalue weighted by Crippen LogP contribution is -2.35. The van der Waals surface area contributed by atoms with Crippen molar-refractivity contribution in [1.29, 1.82) is 0 Å². The molecule has 1 aliphatic rings. The summed E-state index contributed by atoms with van der Waals surface area (Å²) >= 11 is 3.40. The number of hydrogen-bond donors (Lipinski definition) is 0. The van der Waals surface area contributed by atoms with Gasteiger partial charge in [-0.15, -0.1) is 0 Å². The molecular weight excluding hydrogens is 374 g/mol. The van der Waals surface area contributed by atoms with Gasteiger partial charge in [-0.1, -0.05) is 22.0 Å². The third-order valence-corrected chi connectivity index (χ3v) is 4.28. The van der Waals surface area contributed by atoms with E-state index in [0.717, 1.165) is 16.5 Å². The standard InChI is InChI=1S/C18H24BrNO4/c1-5-23-16(21)15-10-13(19)6-7-14(15)12-8-9-20(11-12)17(22)24-18(2,3)4/h6-7,10,12H,5,8-9,11H2,1-4H3. The Balaban J connectivity index is 2.16. The van der Waals surface area contributed by atoms with Crippen molar-refractivity contribution in [3.8, 4) is 0 Å². The summed E-state index contributed by atoms with van der Waals surface area (Å²) in [7, 11) is 0. The van der Waals surface area contributed by atoms with Crippen molar-refractivity contribution in [1.82, 2.24) is 4.90 Å². The summed E-state index contributed by atoms with van der Waals surface area (Å²) in [5.41, 5.74) is 0.966. The molecular formula is C18H24BrNO4. The zero-order valence-corrected chi connectivity index (χ0v) is 16.2. The van der Waals surface area contributed by atoms with Crippen LogP contribution in [0.25, 0.3) is 0 Å². The SMILES string of the molecule is CCOC(=O)c1cc(Br)ccc1C1CCN(C(=O)OC(C)(C)C)C1. The normalized spacial score (nSPS) is 17.7. The van der Waals surface area contributed by atoms with Gasteiger partial charge in [-0.3, -0.25) is 0 Å². The van der Waals surface area contributed by atoms with E-state index in [0.29, 0.717) is 25.3 Å². The van der Waals surface area contributed by atoms with Gasteiger partial charge < -0.3 is 14.4 Å². The number of nitrogens with zero attached hydrogens (tertiary/aromatic N) is 1. The van der Waals surface area contributed by atoms with E-state index in [-0.39, 0.29) is 18.0 Å². The molecule has 1 unspecified atom stereocenters. The first kappa shape index (κ1) is 18.8. The minimum atomic E-state index is -0.511. The number of carbonyl (C=O) groups excluding carboxylic acids is 2. The molecule has 1 heterocycles. The topological polar surface area (TPSA) is 55.8 Å². The molecule has 0 spiro atoms. The van der Waals surface area contributed by atoms with Crippen LogP contribution in [0.5, 0.6) is 0 Å². The van der Waals surface area contributed by atoms with Crippen LogP contribution >= 0.6 is 15.9 Å². The van der Waals surface area contributed by atoms with Crippen LogP contribution in [-0.4, -0.2) is 42.3 Å². The van der Waals surface area contributed by atoms with Crippen LogP contribution in [0.3, 0.4) is 0 Å². The van der Waals surface area contributed by atoms with E-state index in [1.54, 1.807) is 17.9 Å². The van der Waals surface area contributed by atoms with Gasteiger partial charge in [0.1, 0.15) is 5.60 Å². The third-order valence-electron chi connectivity index (χ3n) is 3.79. The molecule has 6 heteroatoms. The van der Waals surface area contributed by atoms with Crippen molar-refractivity contribution in [2.45, 2.75) is 45.6 Å². The Morgan fingerprint density at radius 1 is 1.33 bits per heavy atom. The van der Waals surface area contributed by atoms with Crippen LogP contribution in [0.1, 0.15) is 56.0 Å². The second kappa shape index (κ2) is 7.55. The molecule has 0 aliphatic carbocycles. The second-order valence-electron chi connectivity index (χ2n) is 6.86. The molecule has 1 aromatic carbocycles. The predicted molar refractivity (Wildman–Crippen MR) is 95.3 cm³/mol. The lowest BCUT2D eigenvalue weighted by atomic mass is 9.93. The molecule has 1 atom stereocenters. The highest BCUT2D eigenvalue weighted by Gasteiger charge is 2.32. The van der Waals surface area contributed by atoms with Crippen molar-refractivity contribution in [2.24, 2.45) is 0 Å². The van der Waals surface area contributed by atoms with Crippen molar-refractivity contribution in [2.75, 3.05) is 19.7 Å². The number of halogens is 1. The van der Waals surface area contributed by atoms with E-state index in [2.05, 4.69) is 15.9 Å². The molecule has 2 rings (SSSR count). The van der Waals surface area contributed by atoms with Crippen molar-refractivity contribution in [3.05, 3.63) is 33.8 Å². The van der Waals surface area contributed by atoms with Crippen LogP contribution in [0.4, 0.5) is 4.79 Å². The Labute approximate surface area is 151 Å². The minimum Gasteiger partial charge on any atom is -0.462 e. The zero-order chi connectivity index (χ0) is 17.9. The van der Waals surface area contributed by atoms with Gasteiger partial charge in [-0.2, -0.15) is 0 Å². The summed E-state index contributed by atoms with van der Waals surface area (Å²) in [6.45, 7) is 8.85. The lowest BCUT2D eigenvalue weighted by molar-refractivity contribution is 0.0292. The molecule has 24 heavy (non-hydrogen) atoms. The molecule has 5 nitrogen and oxygen atoms in total. The van der Waals surface area contributed by atoms with Gasteiger partial charge in [0.05, 0.1) is 12.2 Å². The van der Waals surface area contributed by atoms with Gasteiger partial charge >= 0.3 is 12.1 Å². The summed E-state index contributed by atoms with van der Waals surface area (Å²) in [6.07, 6.45) is 0.493. The van der Waals surface area contributed by atoms with Gasteiger partial charge in [0, 0.05) is 23.5 Å². The van der Waals surface area contributed by atoms with Crippen molar-refractivity contribution < 1.29 is 19.1 Å². The molecule has 1 aromatic rings. The van der Waals surface area contributed by atoms with Gasteiger partial charge in [0.25, 0.3) is 0 Å². The average molecular weight is 398 g/mol. The maximum absolute atomic E-state index is 12.2. The van der Waals surface area contributed by atoms with Crippen LogP contribution in [0.2, 0.25) is 0 Å². The summed E-state index contributed by atoms with van der Waals surface area (Å²) in [5, 5.41) is 0. The summed E-state index contributed by atoms with van der Waals surface area (Å²) < 4.78 is 11.4. The van der Waals surface area contributed by atoms with E-state index >= 15 is 0 Å². The molecule has 0 radical (unpaired) electrons. The number of amides is 1. The predicted octanol–water partition coefficient (Wildman–Crippen LogP) is 4.35. The first-order valence-electron chi connectivity index (χ1n) is 8.15. The van der Waals surface area contributed by atoms with Crippen LogP contribution in [0, 0.1) is 0 Å². The third kappa shape index (κ3) is 4.72. The highest BCUT2D eigenvalue weighted by molar-refractivity contribution is 9.10. The van der Waals surface area contributed by atoms with Crippen molar-refractivity contribution in [3.63, 3.8) is 0 Å². The van der Waals surface area contributed by atoms with E-state index in [4.69, 9.17) is 9.47 Å².